The third-order valence-electron chi connectivity index (χ3n) is 3.61. The molecule has 0 saturated carbocycles. The van der Waals surface area contributed by atoms with E-state index in [-0.39, 0.29) is 41.1 Å². The monoisotopic (exact) mass is 530 g/mol. The minimum Gasteiger partial charge on any atom is -0.478 e. The van der Waals surface area contributed by atoms with E-state index in [9.17, 15) is 19.2 Å². The highest BCUT2D eigenvalue weighted by atomic mass is 16.5. The molecule has 0 aromatic heterocycles. The van der Waals surface area contributed by atoms with Crippen LogP contribution in [0.5, 0.6) is 0 Å². The molecule has 0 saturated heterocycles. The summed E-state index contributed by atoms with van der Waals surface area (Å²) < 4.78 is 10.5. The Bertz CT molecular complexity index is 795. The number of aliphatic hydroxyl groups is 2. The highest BCUT2D eigenvalue weighted by Gasteiger charge is 2.13. The van der Waals surface area contributed by atoms with Gasteiger partial charge in [-0.25, -0.2) is 19.2 Å². The molecule has 0 aliphatic heterocycles. The van der Waals surface area contributed by atoms with E-state index in [1.807, 2.05) is 6.92 Å². The van der Waals surface area contributed by atoms with Gasteiger partial charge in [-0.05, 0) is 46.8 Å². The molecule has 3 unspecified atom stereocenters. The predicted octanol–water partition coefficient (Wildman–Crippen LogP) is 2.55. The van der Waals surface area contributed by atoms with Crippen LogP contribution in [0.15, 0.2) is 48.6 Å². The van der Waals surface area contributed by atoms with Gasteiger partial charge in [0, 0.05) is 11.1 Å². The van der Waals surface area contributed by atoms with Crippen LogP contribution in [0.3, 0.4) is 0 Å². The molecule has 0 spiro atoms. The quantitative estimate of drug-likeness (QED) is 0.228. The van der Waals surface area contributed by atoms with E-state index in [2.05, 4.69) is 13.2 Å². The molecule has 1 aromatic carbocycles. The molecule has 1 aromatic rings. The number of aliphatic carboxylic acids is 2. The second-order valence-corrected chi connectivity index (χ2v) is 7.65. The second-order valence-electron chi connectivity index (χ2n) is 7.65. The fourth-order valence-corrected chi connectivity index (χ4v) is 1.56. The summed E-state index contributed by atoms with van der Waals surface area (Å²) in [5.74, 6) is -4.33. The van der Waals surface area contributed by atoms with E-state index in [1.54, 1.807) is 13.8 Å². The zero-order valence-corrected chi connectivity index (χ0v) is 21.7. The largest absolute Gasteiger partial charge is 0.478 e. The van der Waals surface area contributed by atoms with Crippen molar-refractivity contribution in [2.45, 2.75) is 52.9 Å². The molecule has 1 rings (SSSR count). The summed E-state index contributed by atoms with van der Waals surface area (Å²) in [6.45, 7) is 15.3. The standard InChI is InChI=1S/C9H20O4.C8H6O4.2C4H6O2/c1-7(11)5-12-9(3)6-13-8(2)4-10;9-7(10)5-3-1-2-4-6(5)8(11)12;2*1-3(2)4(5)6/h7-11H,4-6H2,1-3H3;1-4H,(H,9,10)(H,11,12);2*1H2,2H3,(H,5,6). The predicted molar refractivity (Wildman–Crippen MR) is 135 cm³/mol. The number of benzene rings is 1. The first-order chi connectivity index (χ1) is 17.0. The van der Waals surface area contributed by atoms with Crippen molar-refractivity contribution in [1.29, 1.82) is 0 Å². The van der Waals surface area contributed by atoms with Crippen LogP contribution < -0.4 is 0 Å². The Morgan fingerprint density at radius 3 is 1.32 bits per heavy atom. The number of ether oxygens (including phenoxy) is 2. The number of aromatic carboxylic acids is 2. The molecular formula is C25H38O12. The van der Waals surface area contributed by atoms with Gasteiger partial charge in [-0.3, -0.25) is 0 Å². The molecule has 0 amide bonds. The molecule has 210 valence electrons. The molecule has 0 heterocycles. The van der Waals surface area contributed by atoms with Crippen LogP contribution in [-0.2, 0) is 19.1 Å². The number of carboxylic acid groups (broad SMARTS) is 4. The van der Waals surface area contributed by atoms with Crippen molar-refractivity contribution < 1.29 is 59.3 Å². The molecular weight excluding hydrogens is 492 g/mol. The summed E-state index contributed by atoms with van der Waals surface area (Å²) in [5.41, 5.74) is -0.0278. The summed E-state index contributed by atoms with van der Waals surface area (Å²) in [4.78, 5) is 40.1. The van der Waals surface area contributed by atoms with Crippen molar-refractivity contribution in [2.75, 3.05) is 19.8 Å². The van der Waals surface area contributed by atoms with Gasteiger partial charge in [0.2, 0.25) is 0 Å². The topological polar surface area (TPSA) is 208 Å². The number of hydrogen-bond acceptors (Lipinski definition) is 8. The molecule has 6 N–H and O–H groups in total. The van der Waals surface area contributed by atoms with Crippen molar-refractivity contribution in [3.8, 4) is 0 Å². The normalized spacial score (nSPS) is 11.9. The van der Waals surface area contributed by atoms with Crippen molar-refractivity contribution in [1.82, 2.24) is 0 Å². The molecule has 12 heteroatoms. The Morgan fingerprint density at radius 1 is 0.757 bits per heavy atom. The van der Waals surface area contributed by atoms with E-state index in [0.717, 1.165) is 0 Å². The third kappa shape index (κ3) is 23.9. The lowest BCUT2D eigenvalue weighted by molar-refractivity contribution is -0.133. The van der Waals surface area contributed by atoms with Crippen LogP contribution in [0.25, 0.3) is 0 Å². The van der Waals surface area contributed by atoms with Gasteiger partial charge >= 0.3 is 23.9 Å². The summed E-state index contributed by atoms with van der Waals surface area (Å²) in [6, 6.07) is 5.48. The van der Waals surface area contributed by atoms with Crippen LogP contribution in [-0.4, -0.2) is 92.6 Å². The molecule has 0 radical (unpaired) electrons. The van der Waals surface area contributed by atoms with Gasteiger partial charge in [-0.15, -0.1) is 0 Å². The van der Waals surface area contributed by atoms with E-state index < -0.39 is 30.0 Å². The van der Waals surface area contributed by atoms with E-state index in [1.165, 1.54) is 38.1 Å². The molecule has 3 atom stereocenters. The van der Waals surface area contributed by atoms with Gasteiger partial charge in [0.1, 0.15) is 0 Å². The smallest absolute Gasteiger partial charge is 0.336 e. The van der Waals surface area contributed by atoms with Crippen LogP contribution in [0.2, 0.25) is 0 Å². The molecule has 0 aliphatic rings. The second kappa shape index (κ2) is 21.7. The lowest BCUT2D eigenvalue weighted by atomic mass is 10.1. The summed E-state index contributed by atoms with van der Waals surface area (Å²) in [6.07, 6.45) is -0.654. The van der Waals surface area contributed by atoms with Gasteiger partial charge in [0.25, 0.3) is 0 Å². The number of rotatable bonds is 11. The van der Waals surface area contributed by atoms with Crippen molar-refractivity contribution in [2.24, 2.45) is 0 Å². The highest BCUT2D eigenvalue weighted by molar-refractivity contribution is 6.01. The molecule has 0 bridgehead atoms. The van der Waals surface area contributed by atoms with Gasteiger partial charge in [-0.1, -0.05) is 25.3 Å². The molecule has 12 nitrogen and oxygen atoms in total. The Labute approximate surface area is 216 Å². The zero-order valence-electron chi connectivity index (χ0n) is 21.7. The maximum Gasteiger partial charge on any atom is 0.336 e. The maximum atomic E-state index is 10.5. The lowest BCUT2D eigenvalue weighted by Gasteiger charge is -2.16. The molecule has 0 fully saturated rings. The fraction of sp³-hybridized carbons (Fsp3) is 0.440. The SMILES string of the molecule is C=C(C)C(=O)O.C=C(C)C(=O)O.CC(O)COC(C)COC(C)CO.O=C(O)c1ccccc1C(=O)O. The van der Waals surface area contributed by atoms with Gasteiger partial charge in [0.05, 0.1) is 49.3 Å². The van der Waals surface area contributed by atoms with Crippen LogP contribution in [0.4, 0.5) is 0 Å². The van der Waals surface area contributed by atoms with E-state index in [4.69, 9.17) is 40.1 Å². The number of carboxylic acids is 4. The third-order valence-corrected chi connectivity index (χ3v) is 3.61. The first-order valence-corrected chi connectivity index (χ1v) is 10.8. The lowest BCUT2D eigenvalue weighted by Crippen LogP contribution is -2.24. The van der Waals surface area contributed by atoms with Crippen molar-refractivity contribution in [3.63, 3.8) is 0 Å². The Kier molecular flexibility index (Phi) is 22.2. The minimum atomic E-state index is -1.23. The number of aliphatic hydroxyl groups excluding tert-OH is 2. The number of hydrogen-bond donors (Lipinski definition) is 6. The minimum absolute atomic E-state index is 0.0170. The van der Waals surface area contributed by atoms with Gasteiger partial charge in [-0.2, -0.15) is 0 Å². The van der Waals surface area contributed by atoms with E-state index in [0.29, 0.717) is 13.2 Å². The highest BCUT2D eigenvalue weighted by Crippen LogP contribution is 2.07. The Balaban J connectivity index is -0.000000443. The average Bonchev–Trinajstić information content (AvgIpc) is 2.82. The van der Waals surface area contributed by atoms with Gasteiger partial charge in [0.15, 0.2) is 0 Å². The van der Waals surface area contributed by atoms with Crippen LogP contribution in [0, 0.1) is 0 Å². The van der Waals surface area contributed by atoms with Crippen molar-refractivity contribution >= 4 is 23.9 Å². The fourth-order valence-electron chi connectivity index (χ4n) is 1.56. The van der Waals surface area contributed by atoms with Crippen molar-refractivity contribution in [3.05, 3.63) is 59.7 Å². The Hall–Kier alpha value is -3.58. The summed E-state index contributed by atoms with van der Waals surface area (Å²) in [7, 11) is 0. The summed E-state index contributed by atoms with van der Waals surface area (Å²) in [5, 5.41) is 50.5. The van der Waals surface area contributed by atoms with Gasteiger partial charge < -0.3 is 40.1 Å². The maximum absolute atomic E-state index is 10.5. The van der Waals surface area contributed by atoms with E-state index >= 15 is 0 Å². The average molecular weight is 531 g/mol. The van der Waals surface area contributed by atoms with Crippen LogP contribution >= 0.6 is 0 Å². The first-order valence-electron chi connectivity index (χ1n) is 10.8. The Morgan fingerprint density at radius 2 is 1.08 bits per heavy atom. The molecule has 0 aliphatic carbocycles. The zero-order chi connectivity index (χ0) is 29.7. The summed E-state index contributed by atoms with van der Waals surface area (Å²) >= 11 is 0. The first kappa shape index (κ1) is 38.0. The van der Waals surface area contributed by atoms with Crippen LogP contribution in [0.1, 0.15) is 55.3 Å². The number of carbonyl (C=O) groups is 4. The molecule has 37 heavy (non-hydrogen) atoms.